The number of hydrogen-bond acceptors (Lipinski definition) is 4. The number of ketones is 2. The van der Waals surface area contributed by atoms with Crippen molar-refractivity contribution in [2.75, 3.05) is 25.2 Å². The maximum absolute atomic E-state index is 17.3. The molecule has 0 aliphatic heterocycles. The highest BCUT2D eigenvalue weighted by Gasteiger charge is 2.75. The van der Waals surface area contributed by atoms with Gasteiger partial charge in [-0.3, -0.25) is 9.59 Å². The Morgan fingerprint density at radius 3 is 2.56 bits per heavy atom. The molecule has 0 aromatic heterocycles. The second-order valence-corrected chi connectivity index (χ2v) is 11.7. The van der Waals surface area contributed by atoms with Crippen molar-refractivity contribution in [2.24, 2.45) is 28.1 Å². The number of hydrogen-bond donors (Lipinski definition) is 1. The minimum absolute atomic E-state index is 0.0410. The number of alkyl halides is 3. The lowest BCUT2D eigenvalue weighted by atomic mass is 9.43. The molecule has 0 bridgehead atoms. The van der Waals surface area contributed by atoms with Gasteiger partial charge in [-0.05, 0) is 73.8 Å². The molecule has 1 aromatic carbocycles. The molecule has 1 unspecified atom stereocenters. The Hall–Kier alpha value is -2.41. The zero-order valence-corrected chi connectivity index (χ0v) is 21.0. The molecule has 0 heterocycles. The fourth-order valence-electron chi connectivity index (χ4n) is 8.43. The van der Waals surface area contributed by atoms with Gasteiger partial charge in [0, 0.05) is 30.6 Å². The van der Waals surface area contributed by atoms with E-state index in [1.807, 2.05) is 49.2 Å². The number of carbonyl (C=O) groups excluding carboxylic acids is 2. The van der Waals surface area contributed by atoms with Crippen LogP contribution < -0.4 is 4.90 Å². The minimum atomic E-state index is -2.21. The summed E-state index contributed by atoms with van der Waals surface area (Å²) in [6.07, 6.45) is 1.36. The van der Waals surface area contributed by atoms with Gasteiger partial charge in [0.1, 0.15) is 12.8 Å². The largest absolute Gasteiger partial charge is 0.390 e. The highest BCUT2D eigenvalue weighted by molar-refractivity contribution is 6.01. The van der Waals surface area contributed by atoms with E-state index in [1.54, 1.807) is 6.92 Å². The maximum atomic E-state index is 17.3. The summed E-state index contributed by atoms with van der Waals surface area (Å²) in [5, 5.41) is 11.5. The summed E-state index contributed by atoms with van der Waals surface area (Å²) >= 11 is 0. The van der Waals surface area contributed by atoms with Gasteiger partial charge in [-0.1, -0.05) is 31.2 Å². The van der Waals surface area contributed by atoms with Crippen LogP contribution in [0.5, 0.6) is 0 Å². The van der Waals surface area contributed by atoms with Crippen molar-refractivity contribution in [3.05, 3.63) is 54.1 Å². The Bertz CT molecular complexity index is 1140. The molecule has 0 spiro atoms. The van der Waals surface area contributed by atoms with E-state index in [1.165, 1.54) is 18.2 Å². The number of anilines is 1. The van der Waals surface area contributed by atoms with Gasteiger partial charge in [-0.15, -0.1) is 0 Å². The average molecular weight is 502 g/mol. The minimum Gasteiger partial charge on any atom is -0.390 e. The molecule has 194 valence electrons. The number of aliphatic hydroxyl groups is 1. The molecule has 0 saturated heterocycles. The van der Waals surface area contributed by atoms with Gasteiger partial charge in [0.15, 0.2) is 17.2 Å². The number of carbonyl (C=O) groups is 2. The van der Waals surface area contributed by atoms with Gasteiger partial charge in [0.05, 0.1) is 11.5 Å². The van der Waals surface area contributed by atoms with Crippen molar-refractivity contribution < 1.29 is 27.9 Å². The standard InChI is InChI=1S/C29H34F3NO3/c1-26-11-9-19(34)13-22(26)23(31)14-21-20-10-12-28(25(36)16-30,17-33(3)18-7-5-4-6-8-18)27(20,2)15-24(35)29(21,26)32/h4-9,11,13,20-21,23-24,35H,10,12,14-17H2,1-3H3/t20?,21-,23-,24-,26-,27-,28-,29-/m0/s1. The molecule has 7 heteroatoms. The lowest BCUT2D eigenvalue weighted by Crippen LogP contribution is -2.69. The van der Waals surface area contributed by atoms with Gasteiger partial charge in [0.2, 0.25) is 0 Å². The Morgan fingerprint density at radius 2 is 1.89 bits per heavy atom. The third-order valence-corrected chi connectivity index (χ3v) is 10.4. The van der Waals surface area contributed by atoms with Crippen LogP contribution in [0, 0.1) is 28.1 Å². The Labute approximate surface area is 210 Å². The number of rotatable bonds is 5. The van der Waals surface area contributed by atoms with Crippen LogP contribution >= 0.6 is 0 Å². The number of nitrogens with zero attached hydrogens (tertiary/aromatic N) is 1. The summed E-state index contributed by atoms with van der Waals surface area (Å²) < 4.78 is 47.0. The van der Waals surface area contributed by atoms with E-state index in [0.29, 0.717) is 12.8 Å². The van der Waals surface area contributed by atoms with Crippen LogP contribution in [0.4, 0.5) is 18.9 Å². The number of benzene rings is 1. The van der Waals surface area contributed by atoms with Crippen LogP contribution in [-0.4, -0.2) is 54.9 Å². The summed E-state index contributed by atoms with van der Waals surface area (Å²) in [6, 6.07) is 9.47. The molecule has 8 atom stereocenters. The van der Waals surface area contributed by atoms with E-state index in [2.05, 4.69) is 0 Å². The lowest BCUT2D eigenvalue weighted by Gasteiger charge is -2.63. The van der Waals surface area contributed by atoms with Gasteiger partial charge in [-0.25, -0.2) is 13.2 Å². The van der Waals surface area contributed by atoms with Crippen molar-refractivity contribution in [1.29, 1.82) is 0 Å². The third kappa shape index (κ3) is 3.10. The number of Topliss-reactive ketones (excluding diaryl/α,β-unsaturated/α-hetero) is 1. The van der Waals surface area contributed by atoms with Crippen LogP contribution in [0.25, 0.3) is 0 Å². The van der Waals surface area contributed by atoms with Gasteiger partial charge in [-0.2, -0.15) is 0 Å². The Morgan fingerprint density at radius 1 is 1.19 bits per heavy atom. The van der Waals surface area contributed by atoms with Crippen molar-refractivity contribution in [3.63, 3.8) is 0 Å². The zero-order chi connectivity index (χ0) is 26.1. The normalized spacial score (nSPS) is 43.3. The maximum Gasteiger partial charge on any atom is 0.178 e. The molecular weight excluding hydrogens is 467 g/mol. The summed E-state index contributed by atoms with van der Waals surface area (Å²) in [6.45, 7) is 2.50. The number of halogens is 3. The van der Waals surface area contributed by atoms with E-state index in [-0.39, 0.29) is 30.7 Å². The summed E-state index contributed by atoms with van der Waals surface area (Å²) in [7, 11) is 1.85. The topological polar surface area (TPSA) is 57.6 Å². The van der Waals surface area contributed by atoms with Gasteiger partial charge < -0.3 is 10.0 Å². The molecule has 4 nitrogen and oxygen atoms in total. The molecule has 3 saturated carbocycles. The first-order chi connectivity index (χ1) is 16.9. The Balaban J connectivity index is 1.59. The highest BCUT2D eigenvalue weighted by atomic mass is 19.1. The predicted octanol–water partition coefficient (Wildman–Crippen LogP) is 4.97. The summed E-state index contributed by atoms with van der Waals surface area (Å²) in [5.41, 5.74) is -4.81. The van der Waals surface area contributed by atoms with E-state index in [9.17, 15) is 19.1 Å². The average Bonchev–Trinajstić information content (AvgIpc) is 3.14. The van der Waals surface area contributed by atoms with Crippen LogP contribution in [0.1, 0.15) is 39.5 Å². The van der Waals surface area contributed by atoms with Crippen LogP contribution in [-0.2, 0) is 9.59 Å². The molecule has 0 radical (unpaired) electrons. The van der Waals surface area contributed by atoms with E-state index in [0.717, 1.165) is 5.69 Å². The SMILES string of the molecule is CN(C[C@]1(C(=O)CF)CCC2[C@@H]3C[C@H](F)C4=CC(=O)C=C[C@]4(C)[C@@]3(F)[C@@H](O)C[C@@]21C)c1ccccc1. The molecule has 3 fully saturated rings. The number of fused-ring (bicyclic) bond motifs is 5. The predicted molar refractivity (Wildman–Crippen MR) is 132 cm³/mol. The third-order valence-electron chi connectivity index (χ3n) is 10.4. The van der Waals surface area contributed by atoms with Crippen LogP contribution in [0.2, 0.25) is 0 Å². The van der Waals surface area contributed by atoms with Crippen molar-refractivity contribution in [1.82, 2.24) is 0 Å². The second-order valence-electron chi connectivity index (χ2n) is 11.7. The first-order valence-corrected chi connectivity index (χ1v) is 12.8. The number of allylic oxidation sites excluding steroid dienone is 4. The first kappa shape index (κ1) is 25.2. The summed E-state index contributed by atoms with van der Waals surface area (Å²) in [5.74, 6) is -2.23. The molecule has 4 aliphatic rings. The quantitative estimate of drug-likeness (QED) is 0.619. The molecular formula is C29H34F3NO3. The molecule has 4 aliphatic carbocycles. The van der Waals surface area contributed by atoms with E-state index in [4.69, 9.17) is 0 Å². The van der Waals surface area contributed by atoms with Gasteiger partial charge >= 0.3 is 0 Å². The fraction of sp³-hybridized carbons (Fsp3) is 0.586. The fourth-order valence-corrected chi connectivity index (χ4v) is 8.43. The summed E-state index contributed by atoms with van der Waals surface area (Å²) in [4.78, 5) is 27.3. The van der Waals surface area contributed by atoms with E-state index < -0.39 is 58.5 Å². The van der Waals surface area contributed by atoms with Crippen LogP contribution in [0.15, 0.2) is 54.1 Å². The first-order valence-electron chi connectivity index (χ1n) is 12.8. The van der Waals surface area contributed by atoms with Crippen molar-refractivity contribution in [2.45, 2.75) is 57.5 Å². The van der Waals surface area contributed by atoms with Gasteiger partial charge in [0.25, 0.3) is 0 Å². The highest BCUT2D eigenvalue weighted by Crippen LogP contribution is 2.72. The number of aliphatic hydroxyl groups excluding tert-OH is 1. The molecule has 1 aromatic rings. The number of para-hydroxylation sites is 1. The zero-order valence-electron chi connectivity index (χ0n) is 21.0. The Kier molecular flexibility index (Phi) is 5.82. The van der Waals surface area contributed by atoms with E-state index >= 15 is 8.78 Å². The second kappa shape index (κ2) is 8.30. The van der Waals surface area contributed by atoms with Crippen LogP contribution in [0.3, 0.4) is 0 Å². The molecule has 36 heavy (non-hydrogen) atoms. The van der Waals surface area contributed by atoms with Crippen molar-refractivity contribution >= 4 is 17.3 Å². The smallest absolute Gasteiger partial charge is 0.178 e. The molecule has 5 rings (SSSR count). The lowest BCUT2D eigenvalue weighted by molar-refractivity contribution is -0.210. The molecule has 1 N–H and O–H groups in total. The monoisotopic (exact) mass is 501 g/mol. The van der Waals surface area contributed by atoms with Crippen molar-refractivity contribution in [3.8, 4) is 0 Å². The molecule has 0 amide bonds.